The highest BCUT2D eigenvalue weighted by atomic mass is 127. The van der Waals surface area contributed by atoms with Gasteiger partial charge in [-0.25, -0.2) is 0 Å². The van der Waals surface area contributed by atoms with Gasteiger partial charge in [0, 0.05) is 38.0 Å². The molecule has 2 aromatic rings. The van der Waals surface area contributed by atoms with Crippen molar-refractivity contribution in [1.82, 2.24) is 15.5 Å². The van der Waals surface area contributed by atoms with Crippen LogP contribution in [0.25, 0.3) is 0 Å². The number of aliphatic imine (C=N–C) groups is 1. The molecule has 5 nitrogen and oxygen atoms in total. The maximum Gasteiger partial charge on any atom is 0.222 e. The van der Waals surface area contributed by atoms with Crippen LogP contribution >= 0.6 is 35.3 Å². The van der Waals surface area contributed by atoms with Crippen molar-refractivity contribution in [2.75, 3.05) is 13.6 Å². The number of rotatable bonds is 6. The van der Waals surface area contributed by atoms with E-state index < -0.39 is 0 Å². The summed E-state index contributed by atoms with van der Waals surface area (Å²) in [6.07, 6.45) is 1.65. The Balaban J connectivity index is 0.00000243. The summed E-state index contributed by atoms with van der Waals surface area (Å²) >= 11 is 1.73. The fourth-order valence-corrected chi connectivity index (χ4v) is 3.59. The Bertz CT molecular complexity index is 733. The number of guanidine groups is 1. The van der Waals surface area contributed by atoms with E-state index in [1.165, 1.54) is 16.0 Å². The van der Waals surface area contributed by atoms with E-state index in [-0.39, 0.29) is 29.9 Å². The molecule has 26 heavy (non-hydrogen) atoms. The summed E-state index contributed by atoms with van der Waals surface area (Å²) in [5, 5.41) is 8.76. The molecule has 1 aromatic heterocycles. The van der Waals surface area contributed by atoms with E-state index in [0.717, 1.165) is 25.5 Å². The van der Waals surface area contributed by atoms with Crippen LogP contribution in [0.4, 0.5) is 0 Å². The van der Waals surface area contributed by atoms with E-state index in [1.54, 1.807) is 18.4 Å². The third-order valence-corrected chi connectivity index (χ3v) is 5.21. The van der Waals surface area contributed by atoms with E-state index in [9.17, 15) is 4.79 Å². The van der Waals surface area contributed by atoms with Crippen molar-refractivity contribution in [1.29, 1.82) is 0 Å². The minimum absolute atomic E-state index is 0. The van der Waals surface area contributed by atoms with Gasteiger partial charge in [-0.3, -0.25) is 9.79 Å². The predicted octanol–water partition coefficient (Wildman–Crippen LogP) is 3.35. The molecule has 3 rings (SSSR count). The molecule has 0 spiro atoms. The summed E-state index contributed by atoms with van der Waals surface area (Å²) in [6.45, 7) is 3.01. The van der Waals surface area contributed by atoms with Gasteiger partial charge >= 0.3 is 0 Å². The fraction of sp³-hybridized carbons (Fsp3) is 0.368. The van der Waals surface area contributed by atoms with Gasteiger partial charge in [-0.15, -0.1) is 35.3 Å². The number of thiophene rings is 1. The zero-order valence-electron chi connectivity index (χ0n) is 14.9. The first kappa shape index (κ1) is 20.7. The molecule has 2 heterocycles. The molecular weight excluding hydrogens is 459 g/mol. The SMILES string of the molecule is CN=C(NCc1cccs1)NCc1ccccc1CN1CCCC1=O.I. The van der Waals surface area contributed by atoms with Crippen molar-refractivity contribution >= 4 is 47.2 Å². The Labute approximate surface area is 175 Å². The number of hydrogen-bond donors (Lipinski definition) is 2. The van der Waals surface area contributed by atoms with Crippen LogP contribution in [0.3, 0.4) is 0 Å². The molecule has 2 N–H and O–H groups in total. The molecule has 1 aliphatic heterocycles. The lowest BCUT2D eigenvalue weighted by atomic mass is 10.1. The third kappa shape index (κ3) is 5.70. The second kappa shape index (κ2) is 10.5. The van der Waals surface area contributed by atoms with Crippen LogP contribution in [0.1, 0.15) is 28.8 Å². The number of nitrogens with zero attached hydrogens (tertiary/aromatic N) is 2. The molecule has 0 unspecified atom stereocenters. The second-order valence-corrected chi connectivity index (χ2v) is 7.08. The van der Waals surface area contributed by atoms with Gasteiger partial charge in [0.15, 0.2) is 5.96 Å². The highest BCUT2D eigenvalue weighted by molar-refractivity contribution is 14.0. The first-order chi connectivity index (χ1) is 12.3. The van der Waals surface area contributed by atoms with Gasteiger partial charge in [0.05, 0.1) is 6.54 Å². The van der Waals surface area contributed by atoms with Gasteiger partial charge < -0.3 is 15.5 Å². The summed E-state index contributed by atoms with van der Waals surface area (Å²) in [6, 6.07) is 12.4. The Kier molecular flexibility index (Phi) is 8.37. The topological polar surface area (TPSA) is 56.7 Å². The summed E-state index contributed by atoms with van der Waals surface area (Å²) in [7, 11) is 1.78. The van der Waals surface area contributed by atoms with Crippen LogP contribution < -0.4 is 10.6 Å². The number of amides is 1. The lowest BCUT2D eigenvalue weighted by Crippen LogP contribution is -2.36. The first-order valence-electron chi connectivity index (χ1n) is 8.57. The lowest BCUT2D eigenvalue weighted by Gasteiger charge is -2.19. The number of hydrogen-bond acceptors (Lipinski definition) is 3. The highest BCUT2D eigenvalue weighted by Crippen LogP contribution is 2.17. The number of halogens is 1. The molecule has 1 saturated heterocycles. The average molecular weight is 484 g/mol. The number of carbonyl (C=O) groups is 1. The fourth-order valence-electron chi connectivity index (χ4n) is 2.94. The smallest absolute Gasteiger partial charge is 0.222 e. The van der Waals surface area contributed by atoms with Gasteiger partial charge in [0.1, 0.15) is 0 Å². The molecule has 1 aromatic carbocycles. The van der Waals surface area contributed by atoms with Crippen molar-refractivity contribution in [3.63, 3.8) is 0 Å². The van der Waals surface area contributed by atoms with Crippen molar-refractivity contribution in [3.05, 3.63) is 57.8 Å². The summed E-state index contributed by atoms with van der Waals surface area (Å²) < 4.78 is 0. The molecule has 0 atom stereocenters. The van der Waals surface area contributed by atoms with Gasteiger partial charge in [0.2, 0.25) is 5.91 Å². The molecule has 1 aliphatic rings. The molecule has 0 radical (unpaired) electrons. The van der Waals surface area contributed by atoms with Crippen LogP contribution in [0.15, 0.2) is 46.8 Å². The normalized spacial score (nSPS) is 14.3. The number of likely N-dealkylation sites (tertiary alicyclic amines) is 1. The van der Waals surface area contributed by atoms with Gasteiger partial charge in [-0.05, 0) is 29.0 Å². The average Bonchev–Trinajstić information content (AvgIpc) is 3.29. The quantitative estimate of drug-likeness (QED) is 0.376. The van der Waals surface area contributed by atoms with Crippen molar-refractivity contribution in [3.8, 4) is 0 Å². The molecule has 1 amide bonds. The van der Waals surface area contributed by atoms with Gasteiger partial charge in [0.25, 0.3) is 0 Å². The van der Waals surface area contributed by atoms with Crippen LogP contribution in [0.2, 0.25) is 0 Å². The van der Waals surface area contributed by atoms with Crippen LogP contribution in [0, 0.1) is 0 Å². The van der Waals surface area contributed by atoms with Crippen LogP contribution in [-0.4, -0.2) is 30.4 Å². The monoisotopic (exact) mass is 484 g/mol. The van der Waals surface area contributed by atoms with E-state index in [0.29, 0.717) is 19.5 Å². The lowest BCUT2D eigenvalue weighted by molar-refractivity contribution is -0.128. The predicted molar refractivity (Wildman–Crippen MR) is 118 cm³/mol. The van der Waals surface area contributed by atoms with Crippen LogP contribution in [0.5, 0.6) is 0 Å². The summed E-state index contributed by atoms with van der Waals surface area (Å²) in [4.78, 5) is 19.4. The second-order valence-electron chi connectivity index (χ2n) is 6.05. The molecule has 1 fully saturated rings. The standard InChI is InChI=1S/C19H24N4OS.HI/c1-20-19(22-13-17-8-5-11-25-17)21-12-15-6-2-3-7-16(15)14-23-10-4-9-18(23)24;/h2-3,5-8,11H,4,9-10,12-14H2,1H3,(H2,20,21,22);1H. The van der Waals surface area contributed by atoms with E-state index in [2.05, 4.69) is 39.2 Å². The van der Waals surface area contributed by atoms with E-state index in [1.807, 2.05) is 23.1 Å². The Morgan fingerprint density at radius 2 is 1.92 bits per heavy atom. The third-order valence-electron chi connectivity index (χ3n) is 4.33. The minimum atomic E-state index is 0. The van der Waals surface area contributed by atoms with Crippen molar-refractivity contribution in [2.45, 2.75) is 32.5 Å². The summed E-state index contributed by atoms with van der Waals surface area (Å²) in [5.41, 5.74) is 2.39. The van der Waals surface area contributed by atoms with Gasteiger partial charge in [-0.1, -0.05) is 30.3 Å². The summed E-state index contributed by atoms with van der Waals surface area (Å²) in [5.74, 6) is 1.04. The zero-order valence-corrected chi connectivity index (χ0v) is 18.1. The molecule has 0 bridgehead atoms. The Morgan fingerprint density at radius 1 is 1.15 bits per heavy atom. The Morgan fingerprint density at radius 3 is 2.58 bits per heavy atom. The maximum absolute atomic E-state index is 11.9. The van der Waals surface area contributed by atoms with Crippen LogP contribution in [-0.2, 0) is 24.4 Å². The molecule has 140 valence electrons. The first-order valence-corrected chi connectivity index (χ1v) is 9.45. The van der Waals surface area contributed by atoms with Crippen molar-refractivity contribution < 1.29 is 4.79 Å². The Hall–Kier alpha value is -1.61. The zero-order chi connectivity index (χ0) is 17.5. The van der Waals surface area contributed by atoms with E-state index >= 15 is 0 Å². The number of carbonyl (C=O) groups excluding carboxylic acids is 1. The molecule has 7 heteroatoms. The molecule has 0 aliphatic carbocycles. The molecule has 0 saturated carbocycles. The van der Waals surface area contributed by atoms with E-state index in [4.69, 9.17) is 0 Å². The number of benzene rings is 1. The highest BCUT2D eigenvalue weighted by Gasteiger charge is 2.20. The van der Waals surface area contributed by atoms with Gasteiger partial charge in [-0.2, -0.15) is 0 Å². The maximum atomic E-state index is 11.9. The largest absolute Gasteiger partial charge is 0.352 e. The minimum Gasteiger partial charge on any atom is -0.352 e. The molecular formula is C19H25IN4OS. The van der Waals surface area contributed by atoms with Crippen molar-refractivity contribution in [2.24, 2.45) is 4.99 Å². The number of nitrogens with one attached hydrogen (secondary N) is 2.